The Labute approximate surface area is 87.6 Å². The molecule has 0 aliphatic rings. The topological polar surface area (TPSA) is 43.1 Å². The van der Waals surface area contributed by atoms with Gasteiger partial charge < -0.3 is 5.73 Å². The Morgan fingerprint density at radius 3 is 2.43 bits per heavy atom. The maximum absolute atomic E-state index is 10.8. The smallest absolute Gasteiger partial charge is 0.217 e. The normalized spacial score (nSPS) is 13.0. The van der Waals surface area contributed by atoms with E-state index in [1.54, 1.807) is 0 Å². The summed E-state index contributed by atoms with van der Waals surface area (Å²) in [5, 5.41) is 0. The number of amides is 1. The van der Waals surface area contributed by atoms with Gasteiger partial charge in [-0.2, -0.15) is 0 Å². The minimum atomic E-state index is -0.203. The third kappa shape index (κ3) is 6.70. The standard InChI is InChI=1S/C12H23NO/c1-5-10(2)7-6-8-12(3,4)9-11(13)14/h7H,5-6,8-9H2,1-4H3,(H2,13,14)/b10-7+. The van der Waals surface area contributed by atoms with Crippen LogP contribution in [-0.2, 0) is 4.79 Å². The highest BCUT2D eigenvalue weighted by molar-refractivity contribution is 5.74. The van der Waals surface area contributed by atoms with E-state index in [2.05, 4.69) is 33.8 Å². The molecule has 1 amide bonds. The Morgan fingerprint density at radius 1 is 1.43 bits per heavy atom. The molecule has 0 bridgehead atoms. The van der Waals surface area contributed by atoms with E-state index < -0.39 is 0 Å². The van der Waals surface area contributed by atoms with Crippen LogP contribution in [0.4, 0.5) is 0 Å². The van der Waals surface area contributed by atoms with Gasteiger partial charge in [0, 0.05) is 6.42 Å². The molecular weight excluding hydrogens is 174 g/mol. The van der Waals surface area contributed by atoms with Crippen molar-refractivity contribution in [2.24, 2.45) is 11.1 Å². The quantitative estimate of drug-likeness (QED) is 0.653. The number of allylic oxidation sites excluding steroid dienone is 2. The van der Waals surface area contributed by atoms with Crippen molar-refractivity contribution in [3.8, 4) is 0 Å². The second-order valence-electron chi connectivity index (χ2n) is 4.75. The number of rotatable bonds is 6. The van der Waals surface area contributed by atoms with E-state index >= 15 is 0 Å². The molecule has 0 rings (SSSR count). The first-order valence-electron chi connectivity index (χ1n) is 5.31. The number of nitrogens with two attached hydrogens (primary N) is 1. The lowest BCUT2D eigenvalue weighted by Crippen LogP contribution is -2.22. The van der Waals surface area contributed by atoms with E-state index in [0.717, 1.165) is 19.3 Å². The van der Waals surface area contributed by atoms with Crippen LogP contribution in [-0.4, -0.2) is 5.91 Å². The molecule has 0 aromatic rings. The fourth-order valence-corrected chi connectivity index (χ4v) is 1.41. The summed E-state index contributed by atoms with van der Waals surface area (Å²) < 4.78 is 0. The van der Waals surface area contributed by atoms with Gasteiger partial charge in [-0.1, -0.05) is 32.4 Å². The van der Waals surface area contributed by atoms with Crippen LogP contribution in [0.15, 0.2) is 11.6 Å². The summed E-state index contributed by atoms with van der Waals surface area (Å²) in [7, 11) is 0. The molecule has 0 unspecified atom stereocenters. The molecular formula is C12H23NO. The Hall–Kier alpha value is -0.790. The maximum atomic E-state index is 10.8. The van der Waals surface area contributed by atoms with E-state index in [4.69, 9.17) is 5.73 Å². The molecule has 2 heteroatoms. The van der Waals surface area contributed by atoms with Crippen molar-refractivity contribution in [2.45, 2.75) is 53.4 Å². The summed E-state index contributed by atoms with van der Waals surface area (Å²) >= 11 is 0. The number of hydrogen-bond donors (Lipinski definition) is 1. The van der Waals surface area contributed by atoms with Crippen LogP contribution in [0, 0.1) is 5.41 Å². The molecule has 0 aliphatic heterocycles. The zero-order valence-corrected chi connectivity index (χ0v) is 9.89. The summed E-state index contributed by atoms with van der Waals surface area (Å²) in [5.41, 5.74) is 6.64. The monoisotopic (exact) mass is 197 g/mol. The van der Waals surface area contributed by atoms with E-state index in [1.165, 1.54) is 5.57 Å². The van der Waals surface area contributed by atoms with Crippen LogP contribution in [0.1, 0.15) is 53.4 Å². The van der Waals surface area contributed by atoms with Gasteiger partial charge in [0.15, 0.2) is 0 Å². The second kappa shape index (κ2) is 5.84. The van der Waals surface area contributed by atoms with Gasteiger partial charge in [0.2, 0.25) is 5.91 Å². The summed E-state index contributed by atoms with van der Waals surface area (Å²) in [6.45, 7) is 8.47. The summed E-state index contributed by atoms with van der Waals surface area (Å²) in [4.78, 5) is 10.8. The molecule has 0 spiro atoms. The lowest BCUT2D eigenvalue weighted by Gasteiger charge is -2.21. The fourth-order valence-electron chi connectivity index (χ4n) is 1.41. The first-order valence-corrected chi connectivity index (χ1v) is 5.31. The van der Waals surface area contributed by atoms with E-state index in [-0.39, 0.29) is 11.3 Å². The highest BCUT2D eigenvalue weighted by atomic mass is 16.1. The highest BCUT2D eigenvalue weighted by Gasteiger charge is 2.19. The predicted molar refractivity (Wildman–Crippen MR) is 60.9 cm³/mol. The third-order valence-electron chi connectivity index (χ3n) is 2.52. The van der Waals surface area contributed by atoms with Crippen molar-refractivity contribution in [1.82, 2.24) is 0 Å². The molecule has 0 saturated carbocycles. The molecule has 0 atom stereocenters. The van der Waals surface area contributed by atoms with E-state index in [1.807, 2.05) is 0 Å². The zero-order valence-electron chi connectivity index (χ0n) is 9.89. The van der Waals surface area contributed by atoms with Crippen molar-refractivity contribution in [3.63, 3.8) is 0 Å². The number of hydrogen-bond acceptors (Lipinski definition) is 1. The van der Waals surface area contributed by atoms with E-state index in [0.29, 0.717) is 6.42 Å². The average Bonchev–Trinajstić information content (AvgIpc) is 2.01. The Bertz CT molecular complexity index is 216. The maximum Gasteiger partial charge on any atom is 0.217 e. The van der Waals surface area contributed by atoms with Crippen LogP contribution < -0.4 is 5.73 Å². The Balaban J connectivity index is 3.93. The molecule has 0 fully saturated rings. The largest absolute Gasteiger partial charge is 0.370 e. The van der Waals surface area contributed by atoms with Gasteiger partial charge in [-0.25, -0.2) is 0 Å². The van der Waals surface area contributed by atoms with Gasteiger partial charge in [-0.3, -0.25) is 4.79 Å². The molecule has 0 aliphatic carbocycles. The molecule has 82 valence electrons. The third-order valence-corrected chi connectivity index (χ3v) is 2.52. The molecule has 2 nitrogen and oxygen atoms in total. The molecule has 0 saturated heterocycles. The Morgan fingerprint density at radius 2 is 2.00 bits per heavy atom. The first-order chi connectivity index (χ1) is 6.37. The SMILES string of the molecule is CC/C(C)=C/CCC(C)(C)CC(N)=O. The van der Waals surface area contributed by atoms with Crippen molar-refractivity contribution >= 4 is 5.91 Å². The van der Waals surface area contributed by atoms with Crippen LogP contribution >= 0.6 is 0 Å². The van der Waals surface area contributed by atoms with Crippen molar-refractivity contribution in [3.05, 3.63) is 11.6 Å². The summed E-state index contributed by atoms with van der Waals surface area (Å²) in [5.74, 6) is -0.203. The molecule has 0 radical (unpaired) electrons. The average molecular weight is 197 g/mol. The first kappa shape index (κ1) is 13.2. The number of carbonyl (C=O) groups excluding carboxylic acids is 1. The lowest BCUT2D eigenvalue weighted by atomic mass is 9.84. The predicted octanol–water partition coefficient (Wildman–Crippen LogP) is 3.02. The van der Waals surface area contributed by atoms with Gasteiger partial charge in [0.05, 0.1) is 0 Å². The van der Waals surface area contributed by atoms with E-state index in [9.17, 15) is 4.79 Å². The second-order valence-corrected chi connectivity index (χ2v) is 4.75. The van der Waals surface area contributed by atoms with Crippen LogP contribution in [0.2, 0.25) is 0 Å². The summed E-state index contributed by atoms with van der Waals surface area (Å²) in [6, 6.07) is 0. The molecule has 14 heavy (non-hydrogen) atoms. The molecule has 0 heterocycles. The van der Waals surface area contributed by atoms with Crippen molar-refractivity contribution in [1.29, 1.82) is 0 Å². The minimum Gasteiger partial charge on any atom is -0.370 e. The highest BCUT2D eigenvalue weighted by Crippen LogP contribution is 2.26. The Kier molecular flexibility index (Phi) is 5.51. The van der Waals surface area contributed by atoms with Gasteiger partial charge in [-0.15, -0.1) is 0 Å². The van der Waals surface area contributed by atoms with Crippen LogP contribution in [0.3, 0.4) is 0 Å². The van der Waals surface area contributed by atoms with Crippen LogP contribution in [0.5, 0.6) is 0 Å². The van der Waals surface area contributed by atoms with Crippen molar-refractivity contribution in [2.75, 3.05) is 0 Å². The van der Waals surface area contributed by atoms with Gasteiger partial charge in [-0.05, 0) is 31.6 Å². The minimum absolute atomic E-state index is 0.0381. The molecule has 0 aromatic heterocycles. The van der Waals surface area contributed by atoms with Gasteiger partial charge >= 0.3 is 0 Å². The van der Waals surface area contributed by atoms with Gasteiger partial charge in [0.1, 0.15) is 0 Å². The molecule has 0 aromatic carbocycles. The summed E-state index contributed by atoms with van der Waals surface area (Å²) in [6.07, 6.45) is 5.90. The van der Waals surface area contributed by atoms with Crippen LogP contribution in [0.25, 0.3) is 0 Å². The zero-order chi connectivity index (χ0) is 11.2. The fraction of sp³-hybridized carbons (Fsp3) is 0.750. The van der Waals surface area contributed by atoms with Crippen molar-refractivity contribution < 1.29 is 4.79 Å². The number of primary amides is 1. The molecule has 2 N–H and O–H groups in total. The lowest BCUT2D eigenvalue weighted by molar-refractivity contribution is -0.119. The van der Waals surface area contributed by atoms with Gasteiger partial charge in [0.25, 0.3) is 0 Å². The number of carbonyl (C=O) groups is 1.